The molecule has 0 aromatic rings. The molecule has 0 aliphatic heterocycles. The third-order valence-corrected chi connectivity index (χ3v) is 8.25. The Bertz CT molecular complexity index is 1140. The minimum atomic E-state index is -4.73. The fraction of sp³-hybridized carbons (Fsp3) is 0.615. The van der Waals surface area contributed by atoms with E-state index in [1.54, 1.807) is 0 Å². The Hall–Kier alpha value is -3.08. The average molecular weight is 738 g/mol. The third-order valence-electron chi connectivity index (χ3n) is 7.29. The summed E-state index contributed by atoms with van der Waals surface area (Å²) in [7, 11) is -4.73. The van der Waals surface area contributed by atoms with Gasteiger partial charge in [-0.05, 0) is 57.8 Å². The average Bonchev–Trinajstić information content (AvgIpc) is 3.10. The quantitative estimate of drug-likeness (QED) is 0.0193. The standard InChI is InChI=1S/C39H64NO10P/c1-3-5-7-9-11-13-15-17-19-20-22-24-26-28-30-37(41)47-32-35(33-48-51(45,46)49-34-36(40)39(43)44)50-38(42)31-29-27-25-23-21-18-16-14-12-10-8-6-4-2/h5-8,10-14,16,18,21,35-36H,3-4,9,15,17,19-20,22-34,40H2,1-2H3,(H,43,44)(H,45,46)/b7-5+,8-6+,12-10+,13-11+,16-14+,21-18+/t35?,36-/m0/s1. The smallest absolute Gasteiger partial charge is 0.472 e. The highest BCUT2D eigenvalue weighted by molar-refractivity contribution is 7.47. The fourth-order valence-corrected chi connectivity index (χ4v) is 5.18. The first kappa shape index (κ1) is 47.9. The Balaban J connectivity index is 4.54. The SMILES string of the molecule is CC/C=C/C=C/C=C/C=C/CCCCCC(=O)OC(COC(=O)CCCCCCCCC/C=C/C/C=C/CC)COP(=O)(O)OC[C@H](N)C(=O)O. The minimum absolute atomic E-state index is 0.109. The van der Waals surface area contributed by atoms with Crippen molar-refractivity contribution in [2.75, 3.05) is 19.8 Å². The Morgan fingerprint density at radius 2 is 1.14 bits per heavy atom. The number of hydrogen-bond donors (Lipinski definition) is 3. The van der Waals surface area contributed by atoms with Crippen LogP contribution in [0.15, 0.2) is 72.9 Å². The van der Waals surface area contributed by atoms with E-state index in [-0.39, 0.29) is 19.4 Å². The highest BCUT2D eigenvalue weighted by Gasteiger charge is 2.28. The van der Waals surface area contributed by atoms with Gasteiger partial charge in [-0.15, -0.1) is 0 Å². The Kier molecular flexibility index (Phi) is 32.0. The second-order valence-electron chi connectivity index (χ2n) is 12.0. The number of carboxylic acid groups (broad SMARTS) is 1. The van der Waals surface area contributed by atoms with Gasteiger partial charge < -0.3 is 25.2 Å². The maximum Gasteiger partial charge on any atom is 0.472 e. The molecule has 0 fully saturated rings. The van der Waals surface area contributed by atoms with Crippen LogP contribution in [0.5, 0.6) is 0 Å². The molecule has 290 valence electrons. The highest BCUT2D eigenvalue weighted by atomic mass is 31.2. The molecule has 0 amide bonds. The van der Waals surface area contributed by atoms with Gasteiger partial charge in [-0.2, -0.15) is 0 Å². The van der Waals surface area contributed by atoms with E-state index < -0.39 is 51.1 Å². The third kappa shape index (κ3) is 33.8. The number of hydrogen-bond acceptors (Lipinski definition) is 9. The van der Waals surface area contributed by atoms with Crippen molar-refractivity contribution >= 4 is 25.7 Å². The summed E-state index contributed by atoms with van der Waals surface area (Å²) in [5, 5.41) is 8.85. The second kappa shape index (κ2) is 34.0. The van der Waals surface area contributed by atoms with Crippen LogP contribution in [0.1, 0.15) is 123 Å². The van der Waals surface area contributed by atoms with Gasteiger partial charge in [0.05, 0.1) is 13.2 Å². The lowest BCUT2D eigenvalue weighted by atomic mass is 10.1. The van der Waals surface area contributed by atoms with Crippen molar-refractivity contribution < 1.29 is 47.5 Å². The molecule has 51 heavy (non-hydrogen) atoms. The highest BCUT2D eigenvalue weighted by Crippen LogP contribution is 2.43. The van der Waals surface area contributed by atoms with Crippen LogP contribution in [0.25, 0.3) is 0 Å². The van der Waals surface area contributed by atoms with E-state index in [0.29, 0.717) is 12.8 Å². The Labute approximate surface area is 306 Å². The zero-order valence-electron chi connectivity index (χ0n) is 30.9. The number of carboxylic acids is 1. The number of phosphoric acid groups is 1. The molecule has 0 aliphatic carbocycles. The summed E-state index contributed by atoms with van der Waals surface area (Å²) >= 11 is 0. The van der Waals surface area contributed by atoms with Crippen molar-refractivity contribution in [2.45, 2.75) is 135 Å². The number of nitrogens with two attached hydrogens (primary N) is 1. The predicted molar refractivity (Wildman–Crippen MR) is 203 cm³/mol. The zero-order chi connectivity index (χ0) is 37.8. The van der Waals surface area contributed by atoms with Gasteiger partial charge in [0, 0.05) is 12.8 Å². The zero-order valence-corrected chi connectivity index (χ0v) is 31.8. The first-order valence-corrected chi connectivity index (χ1v) is 20.0. The normalized spacial score (nSPS) is 14.7. The van der Waals surface area contributed by atoms with Crippen molar-refractivity contribution in [3.8, 4) is 0 Å². The van der Waals surface area contributed by atoms with Gasteiger partial charge in [-0.1, -0.05) is 125 Å². The van der Waals surface area contributed by atoms with E-state index in [4.69, 9.17) is 24.8 Å². The molecule has 0 rings (SSSR count). The van der Waals surface area contributed by atoms with Crippen LogP contribution in [0, 0.1) is 0 Å². The number of carbonyl (C=O) groups excluding carboxylic acids is 2. The molecule has 0 radical (unpaired) electrons. The summed E-state index contributed by atoms with van der Waals surface area (Å²) in [5.41, 5.74) is 5.31. The van der Waals surface area contributed by atoms with Crippen LogP contribution >= 0.6 is 7.82 Å². The lowest BCUT2D eigenvalue weighted by Crippen LogP contribution is -2.34. The molecule has 0 saturated carbocycles. The van der Waals surface area contributed by atoms with Gasteiger partial charge in [0.2, 0.25) is 0 Å². The molecular formula is C39H64NO10P. The summed E-state index contributed by atoms with van der Waals surface area (Å²) < 4.78 is 32.5. The summed E-state index contributed by atoms with van der Waals surface area (Å²) in [4.78, 5) is 45.7. The largest absolute Gasteiger partial charge is 0.480 e. The first-order chi connectivity index (χ1) is 24.6. The monoisotopic (exact) mass is 737 g/mol. The maximum absolute atomic E-state index is 12.5. The van der Waals surface area contributed by atoms with Crippen LogP contribution in [0.4, 0.5) is 0 Å². The van der Waals surface area contributed by atoms with E-state index in [1.165, 1.54) is 12.8 Å². The van der Waals surface area contributed by atoms with Crippen molar-refractivity contribution in [1.29, 1.82) is 0 Å². The molecule has 0 bridgehead atoms. The molecule has 0 saturated heterocycles. The van der Waals surface area contributed by atoms with Crippen LogP contribution in [0.2, 0.25) is 0 Å². The van der Waals surface area contributed by atoms with E-state index in [2.05, 4.69) is 54.8 Å². The molecule has 11 nitrogen and oxygen atoms in total. The van der Waals surface area contributed by atoms with Crippen molar-refractivity contribution in [3.05, 3.63) is 72.9 Å². The van der Waals surface area contributed by atoms with Gasteiger partial charge in [0.15, 0.2) is 6.10 Å². The molecule has 4 N–H and O–H groups in total. The molecule has 0 heterocycles. The van der Waals surface area contributed by atoms with E-state index >= 15 is 0 Å². The first-order valence-electron chi connectivity index (χ1n) is 18.5. The lowest BCUT2D eigenvalue weighted by Gasteiger charge is -2.20. The molecule has 3 atom stereocenters. The number of phosphoric ester groups is 1. The molecule has 2 unspecified atom stereocenters. The van der Waals surface area contributed by atoms with Crippen molar-refractivity contribution in [1.82, 2.24) is 0 Å². The number of aliphatic carboxylic acids is 1. The number of ether oxygens (including phenoxy) is 2. The number of rotatable bonds is 33. The van der Waals surface area contributed by atoms with E-state index in [9.17, 15) is 23.8 Å². The van der Waals surface area contributed by atoms with Crippen LogP contribution in [0.3, 0.4) is 0 Å². The van der Waals surface area contributed by atoms with Crippen LogP contribution in [-0.2, 0) is 37.5 Å². The summed E-state index contributed by atoms with van der Waals surface area (Å²) in [6, 6.07) is -1.53. The Morgan fingerprint density at radius 1 is 0.627 bits per heavy atom. The lowest BCUT2D eigenvalue weighted by molar-refractivity contribution is -0.161. The van der Waals surface area contributed by atoms with Gasteiger partial charge in [0.1, 0.15) is 12.6 Å². The Morgan fingerprint density at radius 3 is 1.78 bits per heavy atom. The number of esters is 2. The van der Waals surface area contributed by atoms with Gasteiger partial charge in [-0.3, -0.25) is 23.4 Å². The summed E-state index contributed by atoms with van der Waals surface area (Å²) in [6.07, 6.45) is 38.4. The van der Waals surface area contributed by atoms with Gasteiger partial charge >= 0.3 is 25.7 Å². The topological polar surface area (TPSA) is 172 Å². The van der Waals surface area contributed by atoms with Crippen molar-refractivity contribution in [3.63, 3.8) is 0 Å². The number of carbonyl (C=O) groups is 3. The molecule has 0 spiro atoms. The molecule has 0 aromatic carbocycles. The van der Waals surface area contributed by atoms with E-state index in [1.807, 2.05) is 36.5 Å². The predicted octanol–water partition coefficient (Wildman–Crippen LogP) is 9.00. The maximum atomic E-state index is 12.5. The fourth-order valence-electron chi connectivity index (χ4n) is 4.40. The van der Waals surface area contributed by atoms with Gasteiger partial charge in [-0.25, -0.2) is 4.57 Å². The van der Waals surface area contributed by atoms with E-state index in [0.717, 1.165) is 70.6 Å². The molecule has 0 aromatic heterocycles. The molecular weight excluding hydrogens is 673 g/mol. The van der Waals surface area contributed by atoms with Crippen LogP contribution < -0.4 is 5.73 Å². The summed E-state index contributed by atoms with van der Waals surface area (Å²) in [6.45, 7) is 2.46. The number of unbranched alkanes of at least 4 members (excludes halogenated alkanes) is 10. The minimum Gasteiger partial charge on any atom is -0.480 e. The van der Waals surface area contributed by atoms with Gasteiger partial charge in [0.25, 0.3) is 0 Å². The second-order valence-corrected chi connectivity index (χ2v) is 13.5. The van der Waals surface area contributed by atoms with Crippen molar-refractivity contribution in [2.24, 2.45) is 5.73 Å². The summed E-state index contributed by atoms with van der Waals surface area (Å²) in [5.74, 6) is -2.46. The van der Waals surface area contributed by atoms with Crippen LogP contribution in [-0.4, -0.2) is 59.9 Å². The number of allylic oxidation sites excluding steroid dienone is 12. The molecule has 0 aliphatic rings. The molecule has 12 heteroatoms.